The van der Waals surface area contributed by atoms with E-state index in [4.69, 9.17) is 10.5 Å². The SMILES string of the molecule is COC(CN)Cc1cncc(Br)c1. The van der Waals surface area contributed by atoms with E-state index < -0.39 is 0 Å². The minimum absolute atomic E-state index is 0.0797. The predicted molar refractivity (Wildman–Crippen MR) is 55.5 cm³/mol. The molecule has 0 aliphatic rings. The van der Waals surface area contributed by atoms with Crippen molar-refractivity contribution in [3.8, 4) is 0 Å². The van der Waals surface area contributed by atoms with Crippen LogP contribution in [0.5, 0.6) is 0 Å². The van der Waals surface area contributed by atoms with Gasteiger partial charge < -0.3 is 10.5 Å². The molecule has 0 aliphatic carbocycles. The van der Waals surface area contributed by atoms with Gasteiger partial charge in [0.1, 0.15) is 0 Å². The van der Waals surface area contributed by atoms with Gasteiger partial charge in [0.25, 0.3) is 0 Å². The summed E-state index contributed by atoms with van der Waals surface area (Å²) in [6, 6.07) is 2.02. The third-order valence-corrected chi connectivity index (χ3v) is 2.25. The lowest BCUT2D eigenvalue weighted by Crippen LogP contribution is -2.24. The van der Waals surface area contributed by atoms with Crippen molar-refractivity contribution < 1.29 is 4.74 Å². The van der Waals surface area contributed by atoms with E-state index in [0.717, 1.165) is 16.5 Å². The minimum atomic E-state index is 0.0797. The highest BCUT2D eigenvalue weighted by atomic mass is 79.9. The minimum Gasteiger partial charge on any atom is -0.380 e. The van der Waals surface area contributed by atoms with E-state index >= 15 is 0 Å². The van der Waals surface area contributed by atoms with Crippen LogP contribution in [0.1, 0.15) is 5.56 Å². The maximum atomic E-state index is 5.51. The normalized spacial score (nSPS) is 12.8. The molecule has 0 spiro atoms. The molecule has 4 heteroatoms. The lowest BCUT2D eigenvalue weighted by molar-refractivity contribution is 0.110. The summed E-state index contributed by atoms with van der Waals surface area (Å²) in [5, 5.41) is 0. The monoisotopic (exact) mass is 244 g/mol. The van der Waals surface area contributed by atoms with Crippen molar-refractivity contribution >= 4 is 15.9 Å². The fourth-order valence-corrected chi connectivity index (χ4v) is 1.51. The fourth-order valence-electron chi connectivity index (χ4n) is 1.09. The first-order valence-corrected chi connectivity index (χ1v) is 4.88. The largest absolute Gasteiger partial charge is 0.380 e. The Kier molecular flexibility index (Phi) is 4.35. The summed E-state index contributed by atoms with van der Waals surface area (Å²) < 4.78 is 6.16. The Bertz CT molecular complexity index is 264. The first-order valence-electron chi connectivity index (χ1n) is 4.08. The van der Waals surface area contributed by atoms with E-state index in [0.29, 0.717) is 6.54 Å². The van der Waals surface area contributed by atoms with E-state index in [-0.39, 0.29) is 6.10 Å². The zero-order valence-corrected chi connectivity index (χ0v) is 9.12. The highest BCUT2D eigenvalue weighted by Gasteiger charge is 2.06. The number of ether oxygens (including phenoxy) is 1. The number of rotatable bonds is 4. The molecule has 0 aliphatic heterocycles. The van der Waals surface area contributed by atoms with Gasteiger partial charge in [0.2, 0.25) is 0 Å². The highest BCUT2D eigenvalue weighted by molar-refractivity contribution is 9.10. The van der Waals surface area contributed by atoms with Crippen LogP contribution in [0.25, 0.3) is 0 Å². The Morgan fingerprint density at radius 2 is 2.38 bits per heavy atom. The molecule has 0 aromatic carbocycles. The average molecular weight is 245 g/mol. The molecule has 0 bridgehead atoms. The summed E-state index contributed by atoms with van der Waals surface area (Å²) in [6.45, 7) is 0.531. The second kappa shape index (κ2) is 5.32. The summed E-state index contributed by atoms with van der Waals surface area (Å²) in [5.74, 6) is 0. The Morgan fingerprint density at radius 1 is 1.62 bits per heavy atom. The zero-order valence-electron chi connectivity index (χ0n) is 7.53. The molecule has 1 aromatic rings. The second-order valence-electron chi connectivity index (χ2n) is 2.81. The van der Waals surface area contributed by atoms with E-state index in [2.05, 4.69) is 20.9 Å². The number of aromatic nitrogens is 1. The number of pyridine rings is 1. The molecule has 1 unspecified atom stereocenters. The highest BCUT2D eigenvalue weighted by Crippen LogP contribution is 2.11. The quantitative estimate of drug-likeness (QED) is 0.871. The third-order valence-electron chi connectivity index (χ3n) is 1.82. The van der Waals surface area contributed by atoms with Gasteiger partial charge >= 0.3 is 0 Å². The smallest absolute Gasteiger partial charge is 0.0734 e. The van der Waals surface area contributed by atoms with Gasteiger partial charge in [0.15, 0.2) is 0 Å². The van der Waals surface area contributed by atoms with Gasteiger partial charge in [-0.15, -0.1) is 0 Å². The molecule has 1 heterocycles. The molecule has 0 saturated carbocycles. The molecule has 2 N–H and O–H groups in total. The number of nitrogens with two attached hydrogens (primary N) is 1. The lowest BCUT2D eigenvalue weighted by Gasteiger charge is -2.12. The average Bonchev–Trinajstić information content (AvgIpc) is 2.14. The van der Waals surface area contributed by atoms with Crippen molar-refractivity contribution in [2.45, 2.75) is 12.5 Å². The first kappa shape index (κ1) is 10.6. The topological polar surface area (TPSA) is 48.1 Å². The van der Waals surface area contributed by atoms with Crippen LogP contribution in [0.3, 0.4) is 0 Å². The molecule has 3 nitrogen and oxygen atoms in total. The fraction of sp³-hybridized carbons (Fsp3) is 0.444. The molecule has 0 saturated heterocycles. The maximum absolute atomic E-state index is 5.51. The third kappa shape index (κ3) is 3.42. The molecular weight excluding hydrogens is 232 g/mol. The summed E-state index contributed by atoms with van der Waals surface area (Å²) in [5.41, 5.74) is 6.64. The van der Waals surface area contributed by atoms with Crippen molar-refractivity contribution in [3.63, 3.8) is 0 Å². The van der Waals surface area contributed by atoms with Gasteiger partial charge in [-0.25, -0.2) is 0 Å². The first-order chi connectivity index (χ1) is 6.26. The summed E-state index contributed by atoms with van der Waals surface area (Å²) in [4.78, 5) is 4.06. The van der Waals surface area contributed by atoms with Crippen LogP contribution in [0.4, 0.5) is 0 Å². The molecule has 13 heavy (non-hydrogen) atoms. The van der Waals surface area contributed by atoms with E-state index in [1.54, 1.807) is 13.3 Å². The number of halogens is 1. The van der Waals surface area contributed by atoms with Crippen LogP contribution in [0, 0.1) is 0 Å². The Balaban J connectivity index is 2.62. The lowest BCUT2D eigenvalue weighted by atomic mass is 10.1. The van der Waals surface area contributed by atoms with E-state index in [1.165, 1.54) is 0 Å². The molecular formula is C9H13BrN2O. The molecule has 0 radical (unpaired) electrons. The number of methoxy groups -OCH3 is 1. The van der Waals surface area contributed by atoms with Crippen LogP contribution in [0.15, 0.2) is 22.9 Å². The maximum Gasteiger partial charge on any atom is 0.0734 e. The summed E-state index contributed by atoms with van der Waals surface area (Å²) in [7, 11) is 1.67. The molecule has 0 fully saturated rings. The molecule has 1 atom stereocenters. The van der Waals surface area contributed by atoms with Crippen LogP contribution >= 0.6 is 15.9 Å². The van der Waals surface area contributed by atoms with Gasteiger partial charge in [0.05, 0.1) is 6.10 Å². The Morgan fingerprint density at radius 3 is 2.92 bits per heavy atom. The molecule has 72 valence electrons. The van der Waals surface area contributed by atoms with Gasteiger partial charge in [-0.05, 0) is 27.6 Å². The van der Waals surface area contributed by atoms with Crippen LogP contribution in [-0.2, 0) is 11.2 Å². The second-order valence-corrected chi connectivity index (χ2v) is 3.72. The number of hydrogen-bond acceptors (Lipinski definition) is 3. The van der Waals surface area contributed by atoms with Crippen molar-refractivity contribution in [1.82, 2.24) is 4.98 Å². The van der Waals surface area contributed by atoms with Crippen LogP contribution < -0.4 is 5.73 Å². The van der Waals surface area contributed by atoms with Gasteiger partial charge in [0, 0.05) is 36.9 Å². The van der Waals surface area contributed by atoms with Crippen molar-refractivity contribution in [2.24, 2.45) is 5.73 Å². The standard InChI is InChI=1S/C9H13BrN2O/c1-13-9(4-11)3-7-2-8(10)6-12-5-7/h2,5-6,9H,3-4,11H2,1H3. The van der Waals surface area contributed by atoms with Gasteiger partial charge in [-0.2, -0.15) is 0 Å². The van der Waals surface area contributed by atoms with Crippen LogP contribution in [0.2, 0.25) is 0 Å². The summed E-state index contributed by atoms with van der Waals surface area (Å²) in [6.07, 6.45) is 4.47. The molecule has 0 amide bonds. The predicted octanol–water partition coefficient (Wildman–Crippen LogP) is 1.36. The van der Waals surface area contributed by atoms with Crippen molar-refractivity contribution in [3.05, 3.63) is 28.5 Å². The number of hydrogen-bond donors (Lipinski definition) is 1. The Labute approximate surface area is 86.4 Å². The van der Waals surface area contributed by atoms with Gasteiger partial charge in [-0.1, -0.05) is 0 Å². The molecule has 1 aromatic heterocycles. The number of nitrogens with zero attached hydrogens (tertiary/aromatic N) is 1. The van der Waals surface area contributed by atoms with Crippen LogP contribution in [-0.4, -0.2) is 24.7 Å². The summed E-state index contributed by atoms with van der Waals surface area (Å²) >= 11 is 3.36. The van der Waals surface area contributed by atoms with Crippen molar-refractivity contribution in [2.75, 3.05) is 13.7 Å². The van der Waals surface area contributed by atoms with Gasteiger partial charge in [-0.3, -0.25) is 4.98 Å². The van der Waals surface area contributed by atoms with E-state index in [9.17, 15) is 0 Å². The zero-order chi connectivity index (χ0) is 9.68. The Hall–Kier alpha value is -0.450. The van der Waals surface area contributed by atoms with E-state index in [1.807, 2.05) is 12.3 Å². The molecule has 1 rings (SSSR count). The van der Waals surface area contributed by atoms with Crippen molar-refractivity contribution in [1.29, 1.82) is 0 Å².